The lowest BCUT2D eigenvalue weighted by atomic mass is 10.2. The molecule has 0 aliphatic heterocycles. The van der Waals surface area contributed by atoms with E-state index in [-0.39, 0.29) is 6.61 Å². The maximum atomic E-state index is 8.71. The number of benzene rings is 1. The molecule has 0 amide bonds. The molecule has 0 fully saturated rings. The van der Waals surface area contributed by atoms with Crippen LogP contribution in [0.15, 0.2) is 36.8 Å². The first-order valence-corrected chi connectivity index (χ1v) is 8.32. The van der Waals surface area contributed by atoms with Crippen molar-refractivity contribution in [1.82, 2.24) is 25.5 Å². The van der Waals surface area contributed by atoms with Crippen molar-refractivity contribution in [2.75, 3.05) is 31.6 Å². The fourth-order valence-electron chi connectivity index (χ4n) is 2.40. The third-order valence-electron chi connectivity index (χ3n) is 3.64. The summed E-state index contributed by atoms with van der Waals surface area (Å²) in [6.45, 7) is 2.55. The number of nitrogens with zero attached hydrogens (tertiary/aromatic N) is 3. The number of aromatic amines is 1. The molecule has 0 aliphatic carbocycles. The molecule has 0 aliphatic rings. The third kappa shape index (κ3) is 4.88. The van der Waals surface area contributed by atoms with Crippen LogP contribution in [0.25, 0.3) is 10.9 Å². The largest absolute Gasteiger partial charge is 0.493 e. The summed E-state index contributed by atoms with van der Waals surface area (Å²) in [4.78, 5) is 8.60. The lowest BCUT2D eigenvalue weighted by Crippen LogP contribution is -2.19. The SMILES string of the molecule is OCCCNCCCOc1ccc2c(Nc3ccn[nH]3)ncnc2c1. The quantitative estimate of drug-likeness (QED) is 0.416. The summed E-state index contributed by atoms with van der Waals surface area (Å²) in [6, 6.07) is 7.61. The van der Waals surface area contributed by atoms with E-state index in [1.54, 1.807) is 6.20 Å². The van der Waals surface area contributed by atoms with Gasteiger partial charge in [0.05, 0.1) is 18.3 Å². The van der Waals surface area contributed by atoms with E-state index in [0.29, 0.717) is 12.4 Å². The van der Waals surface area contributed by atoms with Gasteiger partial charge in [0.2, 0.25) is 0 Å². The first kappa shape index (κ1) is 17.1. The van der Waals surface area contributed by atoms with Crippen molar-refractivity contribution in [3.8, 4) is 5.75 Å². The molecule has 1 aromatic carbocycles. The highest BCUT2D eigenvalue weighted by Gasteiger charge is 2.06. The van der Waals surface area contributed by atoms with Gasteiger partial charge in [0.1, 0.15) is 23.7 Å². The van der Waals surface area contributed by atoms with E-state index in [9.17, 15) is 0 Å². The van der Waals surface area contributed by atoms with Crippen LogP contribution in [0.5, 0.6) is 5.75 Å². The van der Waals surface area contributed by atoms with Gasteiger partial charge in [-0.2, -0.15) is 5.10 Å². The maximum absolute atomic E-state index is 8.71. The molecule has 8 nitrogen and oxygen atoms in total. The van der Waals surface area contributed by atoms with Crippen molar-refractivity contribution < 1.29 is 9.84 Å². The van der Waals surface area contributed by atoms with Crippen molar-refractivity contribution in [3.63, 3.8) is 0 Å². The van der Waals surface area contributed by atoms with Crippen LogP contribution in [-0.2, 0) is 0 Å². The highest BCUT2D eigenvalue weighted by atomic mass is 16.5. The number of fused-ring (bicyclic) bond motifs is 1. The van der Waals surface area contributed by atoms with E-state index in [2.05, 4.69) is 30.8 Å². The molecule has 2 aromatic heterocycles. The van der Waals surface area contributed by atoms with E-state index >= 15 is 0 Å². The number of nitrogens with one attached hydrogen (secondary N) is 3. The summed E-state index contributed by atoms with van der Waals surface area (Å²) in [5, 5.41) is 22.8. The number of aromatic nitrogens is 4. The second-order valence-electron chi connectivity index (χ2n) is 5.53. The molecule has 0 unspecified atom stereocenters. The maximum Gasteiger partial charge on any atom is 0.142 e. The lowest BCUT2D eigenvalue weighted by molar-refractivity contribution is 0.282. The van der Waals surface area contributed by atoms with Gasteiger partial charge in [-0.3, -0.25) is 5.10 Å². The molecule has 0 spiro atoms. The fraction of sp³-hybridized carbons (Fsp3) is 0.353. The number of aliphatic hydroxyl groups is 1. The Bertz CT molecular complexity index is 778. The van der Waals surface area contributed by atoms with E-state index in [1.165, 1.54) is 6.33 Å². The van der Waals surface area contributed by atoms with Crippen LogP contribution in [0, 0.1) is 0 Å². The minimum Gasteiger partial charge on any atom is -0.493 e. The van der Waals surface area contributed by atoms with Crippen molar-refractivity contribution in [1.29, 1.82) is 0 Å². The van der Waals surface area contributed by atoms with Gasteiger partial charge in [0.25, 0.3) is 0 Å². The Kier molecular flexibility index (Phi) is 6.13. The molecule has 0 atom stereocenters. The zero-order chi connectivity index (χ0) is 17.3. The minimum atomic E-state index is 0.222. The molecule has 0 bridgehead atoms. The van der Waals surface area contributed by atoms with Gasteiger partial charge in [-0.05, 0) is 38.1 Å². The Morgan fingerprint density at radius 3 is 2.88 bits per heavy atom. The summed E-state index contributed by atoms with van der Waals surface area (Å²) >= 11 is 0. The molecule has 132 valence electrons. The van der Waals surface area contributed by atoms with Crippen molar-refractivity contribution >= 4 is 22.5 Å². The van der Waals surface area contributed by atoms with E-state index in [0.717, 1.165) is 48.4 Å². The molecular weight excluding hydrogens is 320 g/mol. The molecule has 4 N–H and O–H groups in total. The predicted octanol–water partition coefficient (Wildman–Crippen LogP) is 1.84. The first-order chi connectivity index (χ1) is 12.4. The smallest absolute Gasteiger partial charge is 0.142 e. The Balaban J connectivity index is 1.57. The monoisotopic (exact) mass is 342 g/mol. The molecule has 3 rings (SSSR count). The van der Waals surface area contributed by atoms with Crippen LogP contribution < -0.4 is 15.4 Å². The highest BCUT2D eigenvalue weighted by Crippen LogP contribution is 2.25. The number of hydrogen-bond acceptors (Lipinski definition) is 7. The van der Waals surface area contributed by atoms with Crippen LogP contribution in [-0.4, -0.2) is 51.6 Å². The van der Waals surface area contributed by atoms with Crippen molar-refractivity contribution in [2.45, 2.75) is 12.8 Å². The summed E-state index contributed by atoms with van der Waals surface area (Å²) in [5.41, 5.74) is 0.815. The van der Waals surface area contributed by atoms with E-state index < -0.39 is 0 Å². The minimum absolute atomic E-state index is 0.222. The average molecular weight is 342 g/mol. The Labute approximate surface area is 145 Å². The summed E-state index contributed by atoms with van der Waals surface area (Å²) in [6.07, 6.45) is 4.88. The Hall–Kier alpha value is -2.71. The summed E-state index contributed by atoms with van der Waals surface area (Å²) in [5.74, 6) is 2.27. The molecule has 2 heterocycles. The number of rotatable bonds is 10. The fourth-order valence-corrected chi connectivity index (χ4v) is 2.40. The highest BCUT2D eigenvalue weighted by molar-refractivity contribution is 5.91. The Morgan fingerprint density at radius 2 is 2.04 bits per heavy atom. The molecule has 3 aromatic rings. The molecule has 0 radical (unpaired) electrons. The van der Waals surface area contributed by atoms with Gasteiger partial charge in [-0.25, -0.2) is 9.97 Å². The number of ether oxygens (including phenoxy) is 1. The zero-order valence-corrected chi connectivity index (χ0v) is 13.9. The van der Waals surface area contributed by atoms with E-state index in [1.807, 2.05) is 24.3 Å². The average Bonchev–Trinajstić information content (AvgIpc) is 3.14. The Morgan fingerprint density at radius 1 is 1.12 bits per heavy atom. The number of anilines is 2. The standard InChI is InChI=1S/C17H22N6O2/c24-9-1-6-18-7-2-10-25-13-3-4-14-15(11-13)19-12-20-17(14)22-16-5-8-21-23-16/h3-5,8,11-12,18,24H,1-2,6-7,9-10H2,(H2,19,20,21,22,23). The van der Waals surface area contributed by atoms with Crippen LogP contribution >= 0.6 is 0 Å². The molecular formula is C17H22N6O2. The van der Waals surface area contributed by atoms with Crippen LogP contribution in [0.4, 0.5) is 11.6 Å². The van der Waals surface area contributed by atoms with Gasteiger partial charge < -0.3 is 20.5 Å². The van der Waals surface area contributed by atoms with Crippen LogP contribution in [0.3, 0.4) is 0 Å². The van der Waals surface area contributed by atoms with Gasteiger partial charge >= 0.3 is 0 Å². The van der Waals surface area contributed by atoms with Gasteiger partial charge in [0.15, 0.2) is 0 Å². The molecule has 8 heteroatoms. The molecule has 25 heavy (non-hydrogen) atoms. The zero-order valence-electron chi connectivity index (χ0n) is 13.9. The van der Waals surface area contributed by atoms with E-state index in [4.69, 9.17) is 9.84 Å². The topological polar surface area (TPSA) is 108 Å². The van der Waals surface area contributed by atoms with Gasteiger partial charge in [0, 0.05) is 24.1 Å². The van der Waals surface area contributed by atoms with Crippen LogP contribution in [0.1, 0.15) is 12.8 Å². The normalized spacial score (nSPS) is 10.9. The molecule has 0 saturated carbocycles. The molecule has 0 saturated heterocycles. The second-order valence-corrected chi connectivity index (χ2v) is 5.53. The summed E-state index contributed by atoms with van der Waals surface area (Å²) in [7, 11) is 0. The van der Waals surface area contributed by atoms with Crippen molar-refractivity contribution in [2.24, 2.45) is 0 Å². The lowest BCUT2D eigenvalue weighted by Gasteiger charge is -2.09. The summed E-state index contributed by atoms with van der Waals surface area (Å²) < 4.78 is 5.78. The van der Waals surface area contributed by atoms with Crippen molar-refractivity contribution in [3.05, 3.63) is 36.8 Å². The van der Waals surface area contributed by atoms with Gasteiger partial charge in [-0.15, -0.1) is 0 Å². The third-order valence-corrected chi connectivity index (χ3v) is 3.64. The predicted molar refractivity (Wildman–Crippen MR) is 96.1 cm³/mol. The second kappa shape index (κ2) is 8.95. The number of hydrogen-bond donors (Lipinski definition) is 4. The number of H-pyrrole nitrogens is 1. The van der Waals surface area contributed by atoms with Gasteiger partial charge in [-0.1, -0.05) is 0 Å². The first-order valence-electron chi connectivity index (χ1n) is 8.32. The number of aliphatic hydroxyl groups excluding tert-OH is 1. The van der Waals surface area contributed by atoms with Crippen LogP contribution in [0.2, 0.25) is 0 Å².